The Labute approximate surface area is 56.1 Å². The molecular weight excluding hydrogens is 142 g/mol. The molecule has 1 heterocycles. The number of thiophene rings is 1. The Kier molecular flexibility index (Phi) is 1.81. The van der Waals surface area contributed by atoms with E-state index in [9.17, 15) is 8.78 Å². The largest absolute Gasteiger partial charge is 0.264 e. The van der Waals surface area contributed by atoms with Crippen LogP contribution >= 0.6 is 11.3 Å². The van der Waals surface area contributed by atoms with Gasteiger partial charge in [-0.3, -0.25) is 0 Å². The van der Waals surface area contributed by atoms with Crippen molar-refractivity contribution in [2.24, 2.45) is 0 Å². The highest BCUT2D eigenvalue weighted by Gasteiger charge is 2.06. The third kappa shape index (κ3) is 1.48. The molecule has 50 valence electrons. The molecule has 0 aromatic carbocycles. The van der Waals surface area contributed by atoms with Gasteiger partial charge in [-0.05, 0) is 18.4 Å². The molecule has 0 aliphatic carbocycles. The fraction of sp³-hybridized carbons (Fsp3) is 0.333. The predicted molar refractivity (Wildman–Crippen MR) is 34.0 cm³/mol. The highest BCUT2D eigenvalue weighted by Crippen LogP contribution is 2.23. The average molecular weight is 148 g/mol. The van der Waals surface area contributed by atoms with Crippen molar-refractivity contribution < 1.29 is 8.78 Å². The molecule has 0 aliphatic rings. The molecular formula is C6H6F2S. The van der Waals surface area contributed by atoms with E-state index in [0.29, 0.717) is 0 Å². The van der Waals surface area contributed by atoms with E-state index in [2.05, 4.69) is 0 Å². The van der Waals surface area contributed by atoms with E-state index in [0.717, 1.165) is 4.88 Å². The van der Waals surface area contributed by atoms with E-state index >= 15 is 0 Å². The molecule has 9 heavy (non-hydrogen) atoms. The zero-order valence-corrected chi connectivity index (χ0v) is 5.71. The third-order valence-electron chi connectivity index (χ3n) is 1.00. The Morgan fingerprint density at radius 3 is 2.44 bits per heavy atom. The van der Waals surface area contributed by atoms with Gasteiger partial charge in [0.1, 0.15) is 0 Å². The minimum absolute atomic E-state index is 0.137. The lowest BCUT2D eigenvalue weighted by Gasteiger charge is -1.88. The van der Waals surface area contributed by atoms with Crippen LogP contribution in [0, 0.1) is 6.92 Å². The molecule has 0 aliphatic heterocycles. The summed E-state index contributed by atoms with van der Waals surface area (Å²) < 4.78 is 23.6. The van der Waals surface area contributed by atoms with Gasteiger partial charge >= 0.3 is 0 Å². The molecule has 3 heteroatoms. The summed E-state index contributed by atoms with van der Waals surface area (Å²) in [5, 5.41) is 1.49. The third-order valence-corrected chi connectivity index (χ3v) is 1.88. The maximum atomic E-state index is 11.8. The quantitative estimate of drug-likeness (QED) is 0.574. The number of hydrogen-bond acceptors (Lipinski definition) is 1. The standard InChI is InChI=1S/C6H6F2S/c1-4-2-5(3-9-4)6(7)8/h2-3,6H,1H3. The second kappa shape index (κ2) is 2.43. The second-order valence-electron chi connectivity index (χ2n) is 1.79. The van der Waals surface area contributed by atoms with Crippen LogP contribution in [0.5, 0.6) is 0 Å². The van der Waals surface area contributed by atoms with Gasteiger partial charge in [0.2, 0.25) is 0 Å². The highest BCUT2D eigenvalue weighted by atomic mass is 32.1. The van der Waals surface area contributed by atoms with Crippen molar-refractivity contribution in [2.75, 3.05) is 0 Å². The number of rotatable bonds is 1. The first-order valence-corrected chi connectivity index (χ1v) is 3.41. The molecule has 0 radical (unpaired) electrons. The van der Waals surface area contributed by atoms with E-state index in [1.54, 1.807) is 0 Å². The van der Waals surface area contributed by atoms with Crippen LogP contribution in [0.4, 0.5) is 8.78 Å². The van der Waals surface area contributed by atoms with Crippen LogP contribution in [-0.4, -0.2) is 0 Å². The number of alkyl halides is 2. The molecule has 0 saturated carbocycles. The molecule has 1 aromatic rings. The van der Waals surface area contributed by atoms with Crippen molar-refractivity contribution in [3.63, 3.8) is 0 Å². The zero-order valence-electron chi connectivity index (χ0n) is 4.90. The Morgan fingerprint density at radius 1 is 1.56 bits per heavy atom. The lowest BCUT2D eigenvalue weighted by molar-refractivity contribution is 0.152. The molecule has 0 spiro atoms. The Hall–Kier alpha value is -0.440. The van der Waals surface area contributed by atoms with Gasteiger partial charge in [-0.1, -0.05) is 0 Å². The molecule has 1 rings (SSSR count). The van der Waals surface area contributed by atoms with E-state index in [-0.39, 0.29) is 5.56 Å². The topological polar surface area (TPSA) is 0 Å². The molecule has 0 fully saturated rings. The van der Waals surface area contributed by atoms with Crippen molar-refractivity contribution in [2.45, 2.75) is 13.3 Å². The molecule has 0 bridgehead atoms. The van der Waals surface area contributed by atoms with E-state index < -0.39 is 6.43 Å². The summed E-state index contributed by atoms with van der Waals surface area (Å²) in [6.45, 7) is 1.82. The molecule has 0 nitrogen and oxygen atoms in total. The molecule has 0 saturated heterocycles. The van der Waals surface area contributed by atoms with Crippen LogP contribution in [0.15, 0.2) is 11.4 Å². The summed E-state index contributed by atoms with van der Waals surface area (Å²) in [5.41, 5.74) is 0.137. The van der Waals surface area contributed by atoms with Crippen LogP contribution in [0.25, 0.3) is 0 Å². The Bertz CT molecular complexity index is 193. The molecule has 0 atom stereocenters. The second-order valence-corrected chi connectivity index (χ2v) is 2.91. The van der Waals surface area contributed by atoms with Crippen molar-refractivity contribution in [3.05, 3.63) is 21.9 Å². The van der Waals surface area contributed by atoms with Gasteiger partial charge in [-0.15, -0.1) is 11.3 Å². The van der Waals surface area contributed by atoms with Crippen molar-refractivity contribution in [1.29, 1.82) is 0 Å². The van der Waals surface area contributed by atoms with Crippen LogP contribution < -0.4 is 0 Å². The monoisotopic (exact) mass is 148 g/mol. The SMILES string of the molecule is Cc1cc(C(F)F)cs1. The van der Waals surface area contributed by atoms with Gasteiger partial charge in [0, 0.05) is 10.4 Å². The summed E-state index contributed by atoms with van der Waals surface area (Å²) in [6, 6.07) is 1.51. The van der Waals surface area contributed by atoms with E-state index in [4.69, 9.17) is 0 Å². The first-order chi connectivity index (χ1) is 4.20. The Morgan fingerprint density at radius 2 is 2.22 bits per heavy atom. The van der Waals surface area contributed by atoms with Gasteiger partial charge in [-0.25, -0.2) is 8.78 Å². The van der Waals surface area contributed by atoms with Gasteiger partial charge in [0.25, 0.3) is 6.43 Å². The smallest absolute Gasteiger partial charge is 0.205 e. The molecule has 0 N–H and O–H groups in total. The van der Waals surface area contributed by atoms with Crippen molar-refractivity contribution >= 4 is 11.3 Å². The molecule has 0 unspecified atom stereocenters. The van der Waals surface area contributed by atoms with Crippen LogP contribution in [-0.2, 0) is 0 Å². The summed E-state index contributed by atoms with van der Waals surface area (Å²) in [5.74, 6) is 0. The fourth-order valence-electron chi connectivity index (χ4n) is 0.578. The minimum atomic E-state index is -2.31. The van der Waals surface area contributed by atoms with Crippen LogP contribution in [0.3, 0.4) is 0 Å². The minimum Gasteiger partial charge on any atom is -0.205 e. The molecule has 0 amide bonds. The predicted octanol–water partition coefficient (Wildman–Crippen LogP) is 2.99. The fourth-order valence-corrected chi connectivity index (χ4v) is 1.28. The first kappa shape index (κ1) is 6.68. The normalized spacial score (nSPS) is 10.7. The van der Waals surface area contributed by atoms with Gasteiger partial charge in [0.15, 0.2) is 0 Å². The van der Waals surface area contributed by atoms with Crippen molar-refractivity contribution in [3.8, 4) is 0 Å². The highest BCUT2D eigenvalue weighted by molar-refractivity contribution is 7.10. The first-order valence-electron chi connectivity index (χ1n) is 2.53. The number of aryl methyl sites for hydroxylation is 1. The molecule has 1 aromatic heterocycles. The van der Waals surface area contributed by atoms with Crippen LogP contribution in [0.2, 0.25) is 0 Å². The summed E-state index contributed by atoms with van der Waals surface area (Å²) in [4.78, 5) is 0.935. The number of hydrogen-bond donors (Lipinski definition) is 0. The van der Waals surface area contributed by atoms with E-state index in [1.165, 1.54) is 22.8 Å². The van der Waals surface area contributed by atoms with Gasteiger partial charge < -0.3 is 0 Å². The van der Waals surface area contributed by atoms with Gasteiger partial charge in [-0.2, -0.15) is 0 Å². The number of halogens is 2. The average Bonchev–Trinajstić information content (AvgIpc) is 2.14. The summed E-state index contributed by atoms with van der Waals surface area (Å²) >= 11 is 1.35. The van der Waals surface area contributed by atoms with Gasteiger partial charge in [0.05, 0.1) is 0 Å². The lowest BCUT2D eigenvalue weighted by atomic mass is 10.3. The maximum Gasteiger partial charge on any atom is 0.264 e. The van der Waals surface area contributed by atoms with Crippen LogP contribution in [0.1, 0.15) is 16.9 Å². The summed E-state index contributed by atoms with van der Waals surface area (Å²) in [7, 11) is 0. The maximum absolute atomic E-state index is 11.8. The van der Waals surface area contributed by atoms with Crippen molar-refractivity contribution in [1.82, 2.24) is 0 Å². The lowest BCUT2D eigenvalue weighted by Crippen LogP contribution is -1.75. The summed E-state index contributed by atoms with van der Waals surface area (Å²) in [6.07, 6.45) is -2.31. The Balaban J connectivity index is 2.85. The zero-order chi connectivity index (χ0) is 6.85. The van der Waals surface area contributed by atoms with E-state index in [1.807, 2.05) is 6.92 Å².